The van der Waals surface area contributed by atoms with Crippen LogP contribution in [0.3, 0.4) is 0 Å². The van der Waals surface area contributed by atoms with E-state index in [0.717, 1.165) is 32.6 Å². The van der Waals surface area contributed by atoms with Gasteiger partial charge in [0.2, 0.25) is 0 Å². The second-order valence-corrected chi connectivity index (χ2v) is 7.04. The molecule has 0 saturated heterocycles. The van der Waals surface area contributed by atoms with Gasteiger partial charge in [0.05, 0.1) is 9.58 Å². The van der Waals surface area contributed by atoms with Crippen molar-refractivity contribution in [3.05, 3.63) is 10.9 Å². The van der Waals surface area contributed by atoms with Crippen molar-refractivity contribution >= 4 is 43.2 Å². The zero-order chi connectivity index (χ0) is 15.4. The fraction of sp³-hybridized carbons (Fsp3) is 0.571. The minimum absolute atomic E-state index is 0.0325. The first kappa shape index (κ1) is 16.2. The van der Waals surface area contributed by atoms with Gasteiger partial charge in [0.25, 0.3) is 5.91 Å². The van der Waals surface area contributed by atoms with Crippen LogP contribution >= 0.6 is 22.7 Å². The average molecular weight is 326 g/mol. The lowest BCUT2D eigenvalue weighted by Gasteiger charge is -2.16. The van der Waals surface area contributed by atoms with Gasteiger partial charge in [-0.15, -0.1) is 11.3 Å². The van der Waals surface area contributed by atoms with Crippen molar-refractivity contribution in [2.24, 2.45) is 11.7 Å². The molecule has 1 amide bonds. The SMILES string of the molecule is CCN(CC)c1nc2sc(C(=O)NCC(C)CN)cc2s1. The summed E-state index contributed by atoms with van der Waals surface area (Å²) >= 11 is 3.10. The largest absolute Gasteiger partial charge is 0.351 e. The Morgan fingerprint density at radius 1 is 1.43 bits per heavy atom. The van der Waals surface area contributed by atoms with E-state index in [1.807, 2.05) is 13.0 Å². The first-order valence-corrected chi connectivity index (χ1v) is 8.85. The first-order valence-electron chi connectivity index (χ1n) is 7.22. The second-order valence-electron chi connectivity index (χ2n) is 5.00. The first-order chi connectivity index (χ1) is 10.1. The van der Waals surface area contributed by atoms with E-state index in [1.165, 1.54) is 11.3 Å². The number of nitrogens with two attached hydrogens (primary N) is 1. The lowest BCUT2D eigenvalue weighted by molar-refractivity contribution is 0.0952. The summed E-state index contributed by atoms with van der Waals surface area (Å²) in [6.07, 6.45) is 0. The van der Waals surface area contributed by atoms with Crippen molar-refractivity contribution in [3.63, 3.8) is 0 Å². The summed E-state index contributed by atoms with van der Waals surface area (Å²) in [6.45, 7) is 9.34. The number of anilines is 1. The molecule has 2 aromatic rings. The number of hydrogen-bond donors (Lipinski definition) is 2. The number of carbonyl (C=O) groups excluding carboxylic acids is 1. The molecule has 2 heterocycles. The van der Waals surface area contributed by atoms with E-state index in [2.05, 4.69) is 29.0 Å². The fourth-order valence-corrected chi connectivity index (χ4v) is 4.16. The van der Waals surface area contributed by atoms with Crippen LogP contribution in [-0.2, 0) is 0 Å². The molecule has 3 N–H and O–H groups in total. The molecule has 2 aromatic heterocycles. The smallest absolute Gasteiger partial charge is 0.261 e. The molecule has 0 aromatic carbocycles. The summed E-state index contributed by atoms with van der Waals surface area (Å²) in [7, 11) is 0. The lowest BCUT2D eigenvalue weighted by Crippen LogP contribution is -2.30. The standard InChI is InChI=1S/C14H22N4OS2/c1-4-18(5-2)14-17-13-11(21-14)6-10(20-13)12(19)16-8-9(3)7-15/h6,9H,4-5,7-8,15H2,1-3H3,(H,16,19). The maximum atomic E-state index is 12.1. The van der Waals surface area contributed by atoms with Gasteiger partial charge in [-0.1, -0.05) is 18.3 Å². The summed E-state index contributed by atoms with van der Waals surface area (Å²) < 4.78 is 1.08. The number of amides is 1. The number of carbonyl (C=O) groups is 1. The number of nitrogens with one attached hydrogen (secondary N) is 1. The number of fused-ring (bicyclic) bond motifs is 1. The molecule has 21 heavy (non-hydrogen) atoms. The van der Waals surface area contributed by atoms with Crippen LogP contribution in [0, 0.1) is 5.92 Å². The quantitative estimate of drug-likeness (QED) is 0.820. The molecule has 1 unspecified atom stereocenters. The Morgan fingerprint density at radius 2 is 2.14 bits per heavy atom. The molecule has 0 spiro atoms. The molecule has 0 radical (unpaired) electrons. The molecular formula is C14H22N4OS2. The van der Waals surface area contributed by atoms with Crippen molar-refractivity contribution in [2.75, 3.05) is 31.1 Å². The van der Waals surface area contributed by atoms with Gasteiger partial charge >= 0.3 is 0 Å². The highest BCUT2D eigenvalue weighted by Gasteiger charge is 2.16. The highest BCUT2D eigenvalue weighted by atomic mass is 32.1. The molecule has 116 valence electrons. The van der Waals surface area contributed by atoms with Gasteiger partial charge in [0.15, 0.2) is 5.13 Å². The number of rotatable bonds is 7. The van der Waals surface area contributed by atoms with Crippen molar-refractivity contribution in [1.82, 2.24) is 10.3 Å². The van der Waals surface area contributed by atoms with Crippen LogP contribution < -0.4 is 16.0 Å². The number of hydrogen-bond acceptors (Lipinski definition) is 6. The van der Waals surface area contributed by atoms with Crippen LogP contribution in [0.25, 0.3) is 9.53 Å². The minimum Gasteiger partial charge on any atom is -0.351 e. The number of nitrogens with zero attached hydrogens (tertiary/aromatic N) is 2. The van der Waals surface area contributed by atoms with E-state index < -0.39 is 0 Å². The Labute approximate surface area is 133 Å². The predicted octanol–water partition coefficient (Wildman–Crippen LogP) is 2.53. The Balaban J connectivity index is 2.09. The van der Waals surface area contributed by atoms with Crippen LogP contribution in [0.5, 0.6) is 0 Å². The van der Waals surface area contributed by atoms with E-state index in [0.29, 0.717) is 19.0 Å². The summed E-state index contributed by atoms with van der Waals surface area (Å²) in [6, 6.07) is 1.94. The summed E-state index contributed by atoms with van der Waals surface area (Å²) in [5.74, 6) is 0.261. The molecular weight excluding hydrogens is 304 g/mol. The van der Waals surface area contributed by atoms with Gasteiger partial charge in [0, 0.05) is 19.6 Å². The molecule has 2 rings (SSSR count). The summed E-state index contributed by atoms with van der Waals surface area (Å²) in [5, 5.41) is 3.95. The Hall–Kier alpha value is -1.18. The topological polar surface area (TPSA) is 71.2 Å². The second kappa shape index (κ2) is 7.20. The van der Waals surface area contributed by atoms with E-state index >= 15 is 0 Å². The van der Waals surface area contributed by atoms with Gasteiger partial charge in [-0.2, -0.15) is 0 Å². The number of thiazole rings is 1. The molecule has 0 bridgehead atoms. The van der Waals surface area contributed by atoms with E-state index in [4.69, 9.17) is 5.73 Å². The van der Waals surface area contributed by atoms with Gasteiger partial charge in [-0.05, 0) is 32.4 Å². The predicted molar refractivity (Wildman–Crippen MR) is 91.6 cm³/mol. The third-order valence-electron chi connectivity index (χ3n) is 3.35. The number of thiophene rings is 1. The zero-order valence-corrected chi connectivity index (χ0v) is 14.3. The summed E-state index contributed by atoms with van der Waals surface area (Å²) in [4.78, 5) is 20.6. The normalized spacial score (nSPS) is 12.6. The number of aromatic nitrogens is 1. The zero-order valence-electron chi connectivity index (χ0n) is 12.7. The van der Waals surface area contributed by atoms with E-state index in [1.54, 1.807) is 11.3 Å². The fourth-order valence-electron chi connectivity index (χ4n) is 1.90. The highest BCUT2D eigenvalue weighted by molar-refractivity contribution is 7.29. The monoisotopic (exact) mass is 326 g/mol. The van der Waals surface area contributed by atoms with Crippen molar-refractivity contribution in [1.29, 1.82) is 0 Å². The average Bonchev–Trinajstić information content (AvgIpc) is 3.04. The van der Waals surface area contributed by atoms with E-state index in [9.17, 15) is 4.79 Å². The maximum absolute atomic E-state index is 12.1. The molecule has 0 fully saturated rings. The van der Waals surface area contributed by atoms with Gasteiger partial charge in [-0.25, -0.2) is 4.98 Å². The highest BCUT2D eigenvalue weighted by Crippen LogP contribution is 2.34. The van der Waals surface area contributed by atoms with Crippen LogP contribution in [-0.4, -0.2) is 37.1 Å². The molecule has 0 aliphatic heterocycles. The molecule has 1 atom stereocenters. The third kappa shape index (κ3) is 3.72. The van der Waals surface area contributed by atoms with Gasteiger partial charge < -0.3 is 16.0 Å². The Bertz CT molecular complexity index is 572. The molecule has 5 nitrogen and oxygen atoms in total. The summed E-state index contributed by atoms with van der Waals surface area (Å²) in [5.41, 5.74) is 5.55. The van der Waals surface area contributed by atoms with Crippen molar-refractivity contribution < 1.29 is 4.79 Å². The lowest BCUT2D eigenvalue weighted by atomic mass is 10.2. The van der Waals surface area contributed by atoms with Crippen LogP contribution in [0.4, 0.5) is 5.13 Å². The van der Waals surface area contributed by atoms with Crippen LogP contribution in [0.2, 0.25) is 0 Å². The third-order valence-corrected chi connectivity index (χ3v) is 5.57. The van der Waals surface area contributed by atoms with Crippen molar-refractivity contribution in [2.45, 2.75) is 20.8 Å². The molecule has 7 heteroatoms. The maximum Gasteiger partial charge on any atom is 0.261 e. The minimum atomic E-state index is -0.0325. The Kier molecular flexibility index (Phi) is 5.55. The van der Waals surface area contributed by atoms with Crippen LogP contribution in [0.15, 0.2) is 6.07 Å². The molecule has 0 saturated carbocycles. The molecule has 0 aliphatic carbocycles. The van der Waals surface area contributed by atoms with Gasteiger partial charge in [-0.3, -0.25) is 4.79 Å². The Morgan fingerprint density at radius 3 is 2.71 bits per heavy atom. The molecule has 0 aliphatic rings. The van der Waals surface area contributed by atoms with Gasteiger partial charge in [0.1, 0.15) is 4.83 Å². The van der Waals surface area contributed by atoms with E-state index in [-0.39, 0.29) is 5.91 Å². The van der Waals surface area contributed by atoms with Crippen molar-refractivity contribution in [3.8, 4) is 0 Å². The van der Waals surface area contributed by atoms with Crippen LogP contribution in [0.1, 0.15) is 30.4 Å².